The van der Waals surface area contributed by atoms with E-state index < -0.39 is 25.5 Å². The molecule has 2 N–H and O–H groups in total. The molecule has 2 saturated heterocycles. The van der Waals surface area contributed by atoms with Gasteiger partial charge in [0.15, 0.2) is 0 Å². The minimum atomic E-state index is -2.77. The van der Waals surface area contributed by atoms with Crippen molar-refractivity contribution in [2.45, 2.75) is 65.0 Å². The summed E-state index contributed by atoms with van der Waals surface area (Å²) in [7, 11) is -8.22. The Morgan fingerprint density at radius 1 is 0.610 bits per heavy atom. The third-order valence-electron chi connectivity index (χ3n) is 6.93. The number of urea groups is 2. The SMILES string of the molecule is C[Si](C)(NC(=O)N(c1ccccc1)N1CCCC1)O[Si](C)(C)O[Si](C)(C)NC(=O)N(c1ccccc1)N1CCCC1. The van der Waals surface area contributed by atoms with E-state index in [-0.39, 0.29) is 12.1 Å². The van der Waals surface area contributed by atoms with Gasteiger partial charge >= 0.3 is 20.6 Å². The standard InChI is InChI=1S/C28H46N6O4Si3/c1-39(2,29-27(35)33(31-21-13-14-22-31)25-17-9-7-10-18-25)37-41(5,6)38-40(3,4)30-28(36)34(32-23-15-16-24-32)26-19-11-8-12-20-26/h7-12,17-20H,13-16,21-24H2,1-6H3,(H,29,35)(H,30,36). The number of hydrazine groups is 2. The third-order valence-corrected chi connectivity index (χ3v) is 16.6. The number of nitrogens with zero attached hydrogens (tertiary/aromatic N) is 4. The van der Waals surface area contributed by atoms with Gasteiger partial charge in [0.25, 0.3) is 17.0 Å². The molecule has 0 unspecified atom stereocenters. The number of amides is 4. The van der Waals surface area contributed by atoms with Gasteiger partial charge in [-0.15, -0.1) is 0 Å². The highest BCUT2D eigenvalue weighted by Crippen LogP contribution is 2.24. The monoisotopic (exact) mass is 614 g/mol. The molecule has 2 fully saturated rings. The van der Waals surface area contributed by atoms with Crippen LogP contribution in [0.5, 0.6) is 0 Å². The van der Waals surface area contributed by atoms with Gasteiger partial charge in [0.2, 0.25) is 0 Å². The first-order valence-corrected chi connectivity index (χ1v) is 23.2. The Morgan fingerprint density at radius 3 is 1.24 bits per heavy atom. The average Bonchev–Trinajstić information content (AvgIpc) is 3.59. The van der Waals surface area contributed by atoms with Gasteiger partial charge in [-0.1, -0.05) is 36.4 Å². The highest BCUT2D eigenvalue weighted by atomic mass is 28.5. The van der Waals surface area contributed by atoms with Gasteiger partial charge in [-0.05, 0) is 89.2 Å². The van der Waals surface area contributed by atoms with Gasteiger partial charge in [-0.2, -0.15) is 0 Å². The zero-order valence-electron chi connectivity index (χ0n) is 25.4. The van der Waals surface area contributed by atoms with Crippen LogP contribution in [0.4, 0.5) is 21.0 Å². The quantitative estimate of drug-likeness (QED) is 0.340. The Bertz CT molecular complexity index is 1070. The number of nitrogens with one attached hydrogen (secondary N) is 2. The van der Waals surface area contributed by atoms with Gasteiger partial charge < -0.3 is 18.2 Å². The molecule has 4 amide bonds. The van der Waals surface area contributed by atoms with E-state index in [0.29, 0.717) is 0 Å². The fourth-order valence-electron chi connectivity index (χ4n) is 5.68. The molecule has 2 aliphatic rings. The number of para-hydroxylation sites is 2. The van der Waals surface area contributed by atoms with Crippen molar-refractivity contribution in [2.75, 3.05) is 36.2 Å². The molecular formula is C28H46N6O4Si3. The molecule has 10 nitrogen and oxygen atoms in total. The van der Waals surface area contributed by atoms with E-state index in [1.807, 2.05) is 99.9 Å². The molecule has 2 aromatic rings. The van der Waals surface area contributed by atoms with Crippen molar-refractivity contribution in [3.05, 3.63) is 60.7 Å². The molecule has 2 aromatic carbocycles. The molecule has 41 heavy (non-hydrogen) atoms. The zero-order valence-corrected chi connectivity index (χ0v) is 28.4. The first-order valence-electron chi connectivity index (χ1n) is 14.6. The number of carbonyl (C=O) groups is 2. The van der Waals surface area contributed by atoms with Crippen molar-refractivity contribution < 1.29 is 17.8 Å². The maximum Gasteiger partial charge on any atom is 0.330 e. The minimum absolute atomic E-state index is 0.187. The van der Waals surface area contributed by atoms with E-state index in [1.54, 1.807) is 10.0 Å². The highest BCUT2D eigenvalue weighted by molar-refractivity contribution is 6.87. The average molecular weight is 615 g/mol. The second kappa shape index (κ2) is 13.2. The lowest BCUT2D eigenvalue weighted by atomic mass is 10.3. The molecular weight excluding hydrogens is 569 g/mol. The van der Waals surface area contributed by atoms with E-state index in [4.69, 9.17) is 8.23 Å². The number of anilines is 2. The number of hydrogen-bond donors (Lipinski definition) is 2. The summed E-state index contributed by atoms with van der Waals surface area (Å²) < 4.78 is 13.3. The molecule has 2 heterocycles. The van der Waals surface area contributed by atoms with Crippen LogP contribution in [0.15, 0.2) is 60.7 Å². The molecule has 2 aliphatic heterocycles. The summed E-state index contributed by atoms with van der Waals surface area (Å²) >= 11 is 0. The lowest BCUT2D eigenvalue weighted by molar-refractivity contribution is 0.225. The Morgan fingerprint density at radius 2 is 0.927 bits per heavy atom. The van der Waals surface area contributed by atoms with Crippen LogP contribution in [0.1, 0.15) is 25.7 Å². The molecule has 0 atom stereocenters. The summed E-state index contributed by atoms with van der Waals surface area (Å²) in [4.78, 5) is 33.7. The maximum absolute atomic E-state index is 13.6. The van der Waals surface area contributed by atoms with Crippen LogP contribution in [0, 0.1) is 0 Å². The fourth-order valence-corrected chi connectivity index (χ4v) is 17.7. The minimum Gasteiger partial charge on any atom is -0.420 e. The Hall–Kier alpha value is -2.53. The van der Waals surface area contributed by atoms with Crippen LogP contribution in [0.2, 0.25) is 39.3 Å². The van der Waals surface area contributed by atoms with Gasteiger partial charge in [0.05, 0.1) is 11.4 Å². The summed E-state index contributed by atoms with van der Waals surface area (Å²) in [5.74, 6) is 0. The van der Waals surface area contributed by atoms with E-state index >= 15 is 0 Å². The van der Waals surface area contributed by atoms with Gasteiger partial charge in [-0.25, -0.2) is 29.6 Å². The second-order valence-electron chi connectivity index (χ2n) is 12.1. The molecule has 0 saturated carbocycles. The molecule has 0 aliphatic carbocycles. The molecule has 4 rings (SSSR count). The fraction of sp³-hybridized carbons (Fsp3) is 0.500. The summed E-state index contributed by atoms with van der Waals surface area (Å²) in [5.41, 5.74) is 1.67. The Labute approximate surface area is 248 Å². The highest BCUT2D eigenvalue weighted by Gasteiger charge is 2.43. The van der Waals surface area contributed by atoms with Crippen molar-refractivity contribution in [1.29, 1.82) is 0 Å². The normalized spacial score (nSPS) is 16.9. The lowest BCUT2D eigenvalue weighted by Crippen LogP contribution is -2.66. The van der Waals surface area contributed by atoms with E-state index in [2.05, 4.69) is 20.0 Å². The van der Waals surface area contributed by atoms with Crippen LogP contribution in [-0.2, 0) is 8.23 Å². The van der Waals surface area contributed by atoms with Crippen molar-refractivity contribution >= 4 is 49.0 Å². The topological polar surface area (TPSA) is 89.6 Å². The molecule has 0 radical (unpaired) electrons. The predicted molar refractivity (Wildman–Crippen MR) is 171 cm³/mol. The molecule has 0 bridgehead atoms. The van der Waals surface area contributed by atoms with E-state index in [0.717, 1.165) is 63.2 Å². The smallest absolute Gasteiger partial charge is 0.330 e. The molecule has 13 heteroatoms. The zero-order chi connectivity index (χ0) is 29.7. The molecule has 0 spiro atoms. The van der Waals surface area contributed by atoms with Gasteiger partial charge in [-0.3, -0.25) is 0 Å². The lowest BCUT2D eigenvalue weighted by Gasteiger charge is -2.40. The summed E-state index contributed by atoms with van der Waals surface area (Å²) in [5, 5.41) is 7.68. The predicted octanol–water partition coefficient (Wildman–Crippen LogP) is 5.58. The van der Waals surface area contributed by atoms with Crippen LogP contribution in [0.25, 0.3) is 0 Å². The summed E-state index contributed by atoms with van der Waals surface area (Å²) in [6, 6.07) is 19.1. The second-order valence-corrected chi connectivity index (χ2v) is 23.1. The molecule has 0 aromatic heterocycles. The van der Waals surface area contributed by atoms with Crippen molar-refractivity contribution in [1.82, 2.24) is 20.0 Å². The van der Waals surface area contributed by atoms with Crippen molar-refractivity contribution in [2.24, 2.45) is 0 Å². The van der Waals surface area contributed by atoms with Crippen LogP contribution >= 0.6 is 0 Å². The number of rotatable bonds is 10. The first-order chi connectivity index (χ1) is 19.4. The van der Waals surface area contributed by atoms with Crippen LogP contribution < -0.4 is 20.0 Å². The number of carbonyl (C=O) groups excluding carboxylic acids is 2. The third kappa shape index (κ3) is 8.73. The van der Waals surface area contributed by atoms with Gasteiger partial charge in [0.1, 0.15) is 0 Å². The molecule has 224 valence electrons. The summed E-state index contributed by atoms with van der Waals surface area (Å²) in [6.45, 7) is 15.2. The van der Waals surface area contributed by atoms with E-state index in [1.165, 1.54) is 0 Å². The van der Waals surface area contributed by atoms with Crippen molar-refractivity contribution in [3.63, 3.8) is 0 Å². The number of hydrogen-bond acceptors (Lipinski definition) is 6. The number of benzene rings is 2. The Kier molecular flexibility index (Phi) is 10.1. The first kappa shape index (κ1) is 31.4. The van der Waals surface area contributed by atoms with Gasteiger partial charge in [0, 0.05) is 26.2 Å². The van der Waals surface area contributed by atoms with Crippen LogP contribution in [0.3, 0.4) is 0 Å². The van der Waals surface area contributed by atoms with Crippen LogP contribution in [-0.4, -0.2) is 73.8 Å². The summed E-state index contributed by atoms with van der Waals surface area (Å²) in [6.07, 6.45) is 4.25. The van der Waals surface area contributed by atoms with Crippen molar-refractivity contribution in [3.8, 4) is 0 Å². The Balaban J connectivity index is 1.41. The van der Waals surface area contributed by atoms with E-state index in [9.17, 15) is 9.59 Å². The maximum atomic E-state index is 13.6. The largest absolute Gasteiger partial charge is 0.420 e.